The van der Waals surface area contributed by atoms with Crippen molar-refractivity contribution in [1.29, 1.82) is 0 Å². The average molecular weight is 375 g/mol. The maximum Gasteiger partial charge on any atom is 0.254 e. The van der Waals surface area contributed by atoms with Gasteiger partial charge in [-0.3, -0.25) is 9.69 Å². The number of carbonyl (C=O) groups excluding carboxylic acids is 1. The quantitative estimate of drug-likeness (QED) is 0.764. The highest BCUT2D eigenvalue weighted by Crippen LogP contribution is 2.27. The third kappa shape index (κ3) is 3.07. The Morgan fingerprint density at radius 2 is 1.96 bits per heavy atom. The molecule has 2 aromatic heterocycles. The van der Waals surface area contributed by atoms with Crippen LogP contribution in [0.25, 0.3) is 5.65 Å². The Morgan fingerprint density at radius 3 is 2.75 bits per heavy atom. The summed E-state index contributed by atoms with van der Waals surface area (Å²) >= 11 is 0. The average Bonchev–Trinajstić information content (AvgIpc) is 3.35. The monoisotopic (exact) mass is 375 g/mol. The lowest BCUT2D eigenvalue weighted by Crippen LogP contribution is -2.51. The van der Waals surface area contributed by atoms with Crippen molar-refractivity contribution < 1.29 is 4.79 Å². The minimum atomic E-state index is -0.0519. The molecule has 1 aliphatic heterocycles. The second kappa shape index (κ2) is 7.02. The Hall–Kier alpha value is -2.73. The topological polar surface area (TPSA) is 62.5 Å². The van der Waals surface area contributed by atoms with E-state index in [-0.39, 0.29) is 11.9 Å². The van der Waals surface area contributed by atoms with Crippen LogP contribution in [0.5, 0.6) is 0 Å². The van der Waals surface area contributed by atoms with E-state index in [4.69, 9.17) is 0 Å². The summed E-state index contributed by atoms with van der Waals surface area (Å²) in [6.07, 6.45) is 7.75. The van der Waals surface area contributed by atoms with Crippen LogP contribution in [0.3, 0.4) is 0 Å². The van der Waals surface area contributed by atoms with Gasteiger partial charge in [0.25, 0.3) is 5.91 Å². The molecule has 0 bridgehead atoms. The van der Waals surface area contributed by atoms with Gasteiger partial charge >= 0.3 is 0 Å². The van der Waals surface area contributed by atoms with E-state index in [2.05, 4.69) is 44.6 Å². The zero-order valence-corrected chi connectivity index (χ0v) is 16.1. The van der Waals surface area contributed by atoms with Crippen LogP contribution in [-0.4, -0.2) is 50.6 Å². The minimum absolute atomic E-state index is 0.0519. The molecule has 144 valence electrons. The van der Waals surface area contributed by atoms with Crippen molar-refractivity contribution in [3.05, 3.63) is 65.1 Å². The fourth-order valence-corrected chi connectivity index (χ4v) is 4.73. The molecular weight excluding hydrogens is 350 g/mol. The lowest BCUT2D eigenvalue weighted by atomic mass is 10.0. The van der Waals surface area contributed by atoms with Crippen molar-refractivity contribution in [2.24, 2.45) is 0 Å². The molecular formula is C22H25N5O. The van der Waals surface area contributed by atoms with E-state index in [0.717, 1.165) is 50.1 Å². The SMILES string of the molecule is Cc1c(C(=O)N[C@H]2CCCN(C3Cc4ccccc4C3)C2)cnc2ccnn12. The van der Waals surface area contributed by atoms with Gasteiger partial charge in [-0.25, -0.2) is 9.50 Å². The number of aromatic nitrogens is 3. The van der Waals surface area contributed by atoms with Gasteiger partial charge < -0.3 is 5.32 Å². The van der Waals surface area contributed by atoms with Gasteiger partial charge in [0.1, 0.15) is 0 Å². The van der Waals surface area contributed by atoms with Crippen molar-refractivity contribution in [1.82, 2.24) is 24.8 Å². The number of nitrogens with one attached hydrogen (secondary N) is 1. The van der Waals surface area contributed by atoms with Crippen LogP contribution >= 0.6 is 0 Å². The Bertz CT molecular complexity index is 1000. The van der Waals surface area contributed by atoms with Crippen molar-refractivity contribution in [2.45, 2.75) is 44.7 Å². The number of fused-ring (bicyclic) bond motifs is 2. The molecule has 6 heteroatoms. The van der Waals surface area contributed by atoms with Gasteiger partial charge in [-0.1, -0.05) is 24.3 Å². The van der Waals surface area contributed by atoms with E-state index < -0.39 is 0 Å². The second-order valence-electron chi connectivity index (χ2n) is 8.00. The van der Waals surface area contributed by atoms with Crippen molar-refractivity contribution >= 4 is 11.6 Å². The molecule has 0 unspecified atom stereocenters. The number of hydrogen-bond donors (Lipinski definition) is 1. The number of piperidine rings is 1. The van der Waals surface area contributed by atoms with Gasteiger partial charge in [0.2, 0.25) is 0 Å². The number of hydrogen-bond acceptors (Lipinski definition) is 4. The van der Waals surface area contributed by atoms with Crippen molar-refractivity contribution in [2.75, 3.05) is 13.1 Å². The normalized spacial score (nSPS) is 20.4. The minimum Gasteiger partial charge on any atom is -0.348 e. The van der Waals surface area contributed by atoms with Crippen LogP contribution in [-0.2, 0) is 12.8 Å². The molecule has 5 rings (SSSR count). The first-order valence-electron chi connectivity index (χ1n) is 10.1. The summed E-state index contributed by atoms with van der Waals surface area (Å²) in [7, 11) is 0. The van der Waals surface area contributed by atoms with Crippen LogP contribution in [0.4, 0.5) is 0 Å². The standard InChI is InChI=1S/C22H25N5O/c1-15-20(13-23-21-8-9-24-27(15)21)22(28)25-18-7-4-10-26(14-18)19-11-16-5-2-3-6-17(16)12-19/h2-3,5-6,8-9,13,18-19H,4,7,10-12,14H2,1H3,(H,25,28)/t18-/m0/s1. The highest BCUT2D eigenvalue weighted by atomic mass is 16.1. The Balaban J connectivity index is 1.27. The number of aryl methyl sites for hydroxylation is 1. The highest BCUT2D eigenvalue weighted by Gasteiger charge is 2.31. The lowest BCUT2D eigenvalue weighted by molar-refractivity contribution is 0.0875. The maximum absolute atomic E-state index is 12.9. The summed E-state index contributed by atoms with van der Waals surface area (Å²) in [4.78, 5) is 19.8. The summed E-state index contributed by atoms with van der Waals surface area (Å²) in [5, 5.41) is 7.50. The first-order chi connectivity index (χ1) is 13.7. The van der Waals surface area contributed by atoms with Crippen LogP contribution in [0.2, 0.25) is 0 Å². The van der Waals surface area contributed by atoms with Crippen molar-refractivity contribution in [3.63, 3.8) is 0 Å². The van der Waals surface area contributed by atoms with Crippen LogP contribution in [0.1, 0.15) is 40.0 Å². The van der Waals surface area contributed by atoms with Gasteiger partial charge in [0, 0.05) is 30.9 Å². The molecule has 1 fully saturated rings. The molecule has 2 aliphatic rings. The fourth-order valence-electron chi connectivity index (χ4n) is 4.73. The summed E-state index contributed by atoms with van der Waals surface area (Å²) in [5.41, 5.74) is 5.15. The lowest BCUT2D eigenvalue weighted by Gasteiger charge is -2.37. The first-order valence-corrected chi connectivity index (χ1v) is 10.1. The van der Waals surface area contributed by atoms with E-state index in [1.54, 1.807) is 16.9 Å². The number of benzene rings is 1. The number of rotatable bonds is 3. The van der Waals surface area contributed by atoms with Crippen molar-refractivity contribution in [3.8, 4) is 0 Å². The Morgan fingerprint density at radius 1 is 1.18 bits per heavy atom. The molecule has 28 heavy (non-hydrogen) atoms. The van der Waals surface area contributed by atoms with E-state index in [0.29, 0.717) is 11.6 Å². The predicted molar refractivity (Wildman–Crippen MR) is 107 cm³/mol. The highest BCUT2D eigenvalue weighted by molar-refractivity contribution is 5.95. The van der Waals surface area contributed by atoms with Gasteiger partial charge in [0.15, 0.2) is 5.65 Å². The van der Waals surface area contributed by atoms with E-state index in [9.17, 15) is 4.79 Å². The fraction of sp³-hybridized carbons (Fsp3) is 0.409. The molecule has 1 amide bonds. The number of likely N-dealkylation sites (tertiary alicyclic amines) is 1. The zero-order valence-electron chi connectivity index (χ0n) is 16.1. The van der Waals surface area contributed by atoms with Crippen LogP contribution in [0.15, 0.2) is 42.7 Å². The molecule has 0 saturated carbocycles. The molecule has 3 aromatic rings. The zero-order chi connectivity index (χ0) is 19.1. The van der Waals surface area contributed by atoms with Crippen LogP contribution in [0, 0.1) is 6.92 Å². The second-order valence-corrected chi connectivity index (χ2v) is 8.00. The molecule has 0 radical (unpaired) electrons. The predicted octanol–water partition coefficient (Wildman–Crippen LogP) is 2.40. The van der Waals surface area contributed by atoms with Gasteiger partial charge in [-0.05, 0) is 50.3 Å². The summed E-state index contributed by atoms with van der Waals surface area (Å²) in [6, 6.07) is 11.3. The molecule has 1 aromatic carbocycles. The molecule has 3 heterocycles. The number of amides is 1. The summed E-state index contributed by atoms with van der Waals surface area (Å²) in [6.45, 7) is 3.95. The third-order valence-corrected chi connectivity index (χ3v) is 6.23. The van der Waals surface area contributed by atoms with E-state index >= 15 is 0 Å². The van der Waals surface area contributed by atoms with E-state index in [1.165, 1.54) is 11.1 Å². The number of carbonyl (C=O) groups is 1. The Labute approximate surface area is 164 Å². The van der Waals surface area contributed by atoms with E-state index in [1.807, 2.05) is 13.0 Å². The third-order valence-electron chi connectivity index (χ3n) is 6.23. The van der Waals surface area contributed by atoms with Crippen LogP contribution < -0.4 is 5.32 Å². The van der Waals surface area contributed by atoms with Gasteiger partial charge in [-0.2, -0.15) is 5.10 Å². The molecule has 1 aliphatic carbocycles. The summed E-state index contributed by atoms with van der Waals surface area (Å²) < 4.78 is 1.72. The molecule has 1 N–H and O–H groups in total. The van der Waals surface area contributed by atoms with Gasteiger partial charge in [0.05, 0.1) is 17.5 Å². The molecule has 1 atom stereocenters. The summed E-state index contributed by atoms with van der Waals surface area (Å²) in [5.74, 6) is -0.0519. The van der Waals surface area contributed by atoms with Gasteiger partial charge in [-0.15, -0.1) is 0 Å². The largest absolute Gasteiger partial charge is 0.348 e. The first kappa shape index (κ1) is 17.4. The maximum atomic E-state index is 12.9. The molecule has 0 spiro atoms. The Kier molecular flexibility index (Phi) is 4.36. The smallest absolute Gasteiger partial charge is 0.254 e. The molecule has 1 saturated heterocycles. The number of nitrogens with zero attached hydrogens (tertiary/aromatic N) is 4. The molecule has 6 nitrogen and oxygen atoms in total.